The second-order valence-corrected chi connectivity index (χ2v) is 8.18. The van der Waals surface area contributed by atoms with Gasteiger partial charge in [-0.25, -0.2) is 9.48 Å². The molecule has 0 bridgehead atoms. The van der Waals surface area contributed by atoms with E-state index in [1.54, 1.807) is 23.5 Å². The number of rotatable bonds is 6. The van der Waals surface area contributed by atoms with Gasteiger partial charge >= 0.3 is 5.97 Å². The molecule has 0 amide bonds. The van der Waals surface area contributed by atoms with Crippen molar-refractivity contribution >= 4 is 38.2 Å². The standard InChI is InChI=1S/C23H22N2O3S/c1-3-7-19(23(27)28)25-22(26)17-10-5-4-9-16(17)18(24-25)12-15-13-29-20-11-6-8-14(2)21(15)20/h4-6,8-11,13,19H,3,7,12H2,1-2H3,(H,27,28). The molecule has 0 spiro atoms. The number of carboxylic acids is 1. The lowest BCUT2D eigenvalue weighted by Gasteiger charge is -2.16. The van der Waals surface area contributed by atoms with Crippen molar-refractivity contribution in [1.29, 1.82) is 0 Å². The smallest absolute Gasteiger partial charge is 0.328 e. The van der Waals surface area contributed by atoms with Crippen LogP contribution in [0.25, 0.3) is 20.9 Å². The molecule has 1 unspecified atom stereocenters. The van der Waals surface area contributed by atoms with Gasteiger partial charge < -0.3 is 5.11 Å². The maximum Gasteiger partial charge on any atom is 0.328 e. The van der Waals surface area contributed by atoms with Gasteiger partial charge in [-0.3, -0.25) is 4.79 Å². The second-order valence-electron chi connectivity index (χ2n) is 7.27. The quantitative estimate of drug-likeness (QED) is 0.492. The van der Waals surface area contributed by atoms with Crippen LogP contribution in [0.2, 0.25) is 0 Å². The Morgan fingerprint density at radius 3 is 2.66 bits per heavy atom. The van der Waals surface area contributed by atoms with Crippen molar-refractivity contribution < 1.29 is 9.90 Å². The summed E-state index contributed by atoms with van der Waals surface area (Å²) in [6.45, 7) is 4.00. The molecule has 4 aromatic rings. The van der Waals surface area contributed by atoms with E-state index in [-0.39, 0.29) is 5.56 Å². The van der Waals surface area contributed by atoms with E-state index in [9.17, 15) is 14.7 Å². The summed E-state index contributed by atoms with van der Waals surface area (Å²) in [4.78, 5) is 24.8. The fraction of sp³-hybridized carbons (Fsp3) is 0.261. The summed E-state index contributed by atoms with van der Waals surface area (Å²) in [6.07, 6.45) is 1.56. The molecule has 0 saturated carbocycles. The van der Waals surface area contributed by atoms with Crippen LogP contribution in [0.4, 0.5) is 0 Å². The molecule has 2 aromatic heterocycles. The van der Waals surface area contributed by atoms with E-state index in [2.05, 4.69) is 29.5 Å². The third-order valence-electron chi connectivity index (χ3n) is 5.29. The lowest BCUT2D eigenvalue weighted by molar-refractivity contribution is -0.141. The third kappa shape index (κ3) is 3.44. The van der Waals surface area contributed by atoms with Crippen molar-refractivity contribution in [2.75, 3.05) is 0 Å². The predicted molar refractivity (Wildman–Crippen MR) is 117 cm³/mol. The van der Waals surface area contributed by atoms with Crippen molar-refractivity contribution in [3.8, 4) is 0 Å². The minimum atomic E-state index is -1.03. The van der Waals surface area contributed by atoms with Gasteiger partial charge in [-0.15, -0.1) is 11.3 Å². The van der Waals surface area contributed by atoms with Crippen LogP contribution < -0.4 is 5.56 Å². The van der Waals surface area contributed by atoms with E-state index in [1.165, 1.54) is 20.3 Å². The highest BCUT2D eigenvalue weighted by Gasteiger charge is 2.23. The first kappa shape index (κ1) is 19.3. The summed E-state index contributed by atoms with van der Waals surface area (Å²) in [5, 5.41) is 18.9. The van der Waals surface area contributed by atoms with Crippen LogP contribution in [0.15, 0.2) is 52.6 Å². The predicted octanol–water partition coefficient (Wildman–Crippen LogP) is 4.94. The zero-order valence-electron chi connectivity index (χ0n) is 16.4. The molecule has 1 atom stereocenters. The Bertz CT molecular complexity index is 1270. The van der Waals surface area contributed by atoms with Gasteiger partial charge in [-0.2, -0.15) is 5.10 Å². The lowest BCUT2D eigenvalue weighted by atomic mass is 10.0. The zero-order valence-corrected chi connectivity index (χ0v) is 17.2. The van der Waals surface area contributed by atoms with Crippen LogP contribution in [0.1, 0.15) is 42.6 Å². The van der Waals surface area contributed by atoms with Gasteiger partial charge in [0, 0.05) is 16.5 Å². The molecule has 29 heavy (non-hydrogen) atoms. The largest absolute Gasteiger partial charge is 0.480 e. The van der Waals surface area contributed by atoms with E-state index >= 15 is 0 Å². The Morgan fingerprint density at radius 1 is 1.17 bits per heavy atom. The first-order valence-corrected chi connectivity index (χ1v) is 10.6. The summed E-state index contributed by atoms with van der Waals surface area (Å²) in [7, 11) is 0. The average molecular weight is 407 g/mol. The zero-order chi connectivity index (χ0) is 20.5. The normalized spacial score (nSPS) is 12.5. The lowest BCUT2D eigenvalue weighted by Crippen LogP contribution is -2.33. The van der Waals surface area contributed by atoms with Crippen molar-refractivity contribution in [2.45, 2.75) is 39.2 Å². The van der Waals surface area contributed by atoms with Crippen LogP contribution in [0.3, 0.4) is 0 Å². The highest BCUT2D eigenvalue weighted by atomic mass is 32.1. The number of carbonyl (C=O) groups is 1. The second kappa shape index (κ2) is 7.79. The van der Waals surface area contributed by atoms with E-state index < -0.39 is 12.0 Å². The first-order valence-electron chi connectivity index (χ1n) is 9.70. The highest BCUT2D eigenvalue weighted by Crippen LogP contribution is 2.31. The van der Waals surface area contributed by atoms with E-state index in [1.807, 2.05) is 25.1 Å². The van der Waals surface area contributed by atoms with Gasteiger partial charge in [-0.05, 0) is 47.4 Å². The summed E-state index contributed by atoms with van der Waals surface area (Å²) in [6, 6.07) is 12.6. The Kier molecular flexibility index (Phi) is 5.20. The maximum atomic E-state index is 13.0. The number of hydrogen-bond donors (Lipinski definition) is 1. The van der Waals surface area contributed by atoms with Crippen LogP contribution in [0.5, 0.6) is 0 Å². The average Bonchev–Trinajstić information content (AvgIpc) is 3.12. The van der Waals surface area contributed by atoms with Crippen molar-refractivity contribution in [2.24, 2.45) is 0 Å². The minimum absolute atomic E-state index is 0.350. The molecule has 0 saturated heterocycles. The Hall–Kier alpha value is -2.99. The molecular formula is C23H22N2O3S. The molecule has 1 N–H and O–H groups in total. The van der Waals surface area contributed by atoms with E-state index in [0.717, 1.165) is 16.6 Å². The SMILES string of the molecule is CCCC(C(=O)O)n1nc(Cc2csc3cccc(C)c23)c2ccccc2c1=O. The summed E-state index contributed by atoms with van der Waals surface area (Å²) < 4.78 is 2.39. The third-order valence-corrected chi connectivity index (χ3v) is 6.29. The number of aliphatic carboxylic acids is 1. The fourth-order valence-corrected chi connectivity index (χ4v) is 4.93. The summed E-state index contributed by atoms with van der Waals surface area (Å²) in [5.74, 6) is -1.03. The molecular weight excluding hydrogens is 384 g/mol. The maximum absolute atomic E-state index is 13.0. The molecule has 4 rings (SSSR count). The number of benzene rings is 2. The van der Waals surface area contributed by atoms with Gasteiger partial charge in [0.25, 0.3) is 5.56 Å². The van der Waals surface area contributed by atoms with Crippen molar-refractivity contribution in [1.82, 2.24) is 9.78 Å². The van der Waals surface area contributed by atoms with Crippen LogP contribution >= 0.6 is 11.3 Å². The van der Waals surface area contributed by atoms with Crippen molar-refractivity contribution in [3.05, 3.63) is 75.0 Å². The minimum Gasteiger partial charge on any atom is -0.480 e. The number of aromatic nitrogens is 2. The summed E-state index contributed by atoms with van der Waals surface area (Å²) in [5.41, 5.74) is 2.72. The molecule has 6 heteroatoms. The molecule has 0 aliphatic heterocycles. The van der Waals surface area contributed by atoms with Gasteiger partial charge in [0.15, 0.2) is 6.04 Å². The topological polar surface area (TPSA) is 72.2 Å². The van der Waals surface area contributed by atoms with Crippen LogP contribution in [-0.2, 0) is 11.2 Å². The Balaban J connectivity index is 1.92. The first-order chi connectivity index (χ1) is 14.0. The number of hydrogen-bond acceptors (Lipinski definition) is 4. The molecule has 2 aromatic carbocycles. The number of carboxylic acid groups (broad SMARTS) is 1. The number of thiophene rings is 1. The Labute approximate surface area is 172 Å². The van der Waals surface area contributed by atoms with Gasteiger partial charge in [-0.1, -0.05) is 43.7 Å². The summed E-state index contributed by atoms with van der Waals surface area (Å²) >= 11 is 1.69. The molecule has 0 fully saturated rings. The molecule has 0 aliphatic carbocycles. The van der Waals surface area contributed by atoms with Gasteiger partial charge in [0.1, 0.15) is 0 Å². The Morgan fingerprint density at radius 2 is 1.93 bits per heavy atom. The van der Waals surface area contributed by atoms with Crippen molar-refractivity contribution in [3.63, 3.8) is 0 Å². The van der Waals surface area contributed by atoms with E-state index in [4.69, 9.17) is 0 Å². The van der Waals surface area contributed by atoms with Gasteiger partial charge in [0.05, 0.1) is 11.1 Å². The van der Waals surface area contributed by atoms with Crippen LogP contribution in [-0.4, -0.2) is 20.9 Å². The highest BCUT2D eigenvalue weighted by molar-refractivity contribution is 7.17. The molecule has 2 heterocycles. The molecule has 148 valence electrons. The molecule has 5 nitrogen and oxygen atoms in total. The number of nitrogens with zero attached hydrogens (tertiary/aromatic N) is 2. The van der Waals surface area contributed by atoms with E-state index in [0.29, 0.717) is 24.6 Å². The van der Waals surface area contributed by atoms with Crippen LogP contribution in [0, 0.1) is 6.92 Å². The fourth-order valence-electron chi connectivity index (χ4n) is 3.89. The monoisotopic (exact) mass is 406 g/mol. The number of fused-ring (bicyclic) bond motifs is 2. The molecule has 0 radical (unpaired) electrons. The van der Waals surface area contributed by atoms with Gasteiger partial charge in [0.2, 0.25) is 0 Å². The molecule has 0 aliphatic rings. The number of aryl methyl sites for hydroxylation is 1.